The number of benzene rings is 2. The van der Waals surface area contributed by atoms with Crippen LogP contribution >= 0.6 is 0 Å². The number of methoxy groups -OCH3 is 1. The summed E-state index contributed by atoms with van der Waals surface area (Å²) < 4.78 is 12.0. The number of rotatable bonds is 4. The zero-order chi connectivity index (χ0) is 18.8. The molecule has 0 radical (unpaired) electrons. The Bertz CT molecular complexity index is 1130. The van der Waals surface area contributed by atoms with Crippen LogP contribution in [0.2, 0.25) is 0 Å². The van der Waals surface area contributed by atoms with Crippen LogP contribution in [0.1, 0.15) is 5.56 Å². The molecule has 0 aliphatic carbocycles. The lowest BCUT2D eigenvalue weighted by atomic mass is 10.2. The molecule has 0 atom stereocenters. The normalized spacial score (nSPS) is 10.7. The second-order valence-corrected chi connectivity index (χ2v) is 5.96. The van der Waals surface area contributed by atoms with Crippen LogP contribution in [-0.2, 0) is 0 Å². The third kappa shape index (κ3) is 3.35. The minimum absolute atomic E-state index is 0.0762. The third-order valence-corrected chi connectivity index (χ3v) is 4.08. The first-order valence-corrected chi connectivity index (χ1v) is 8.29. The van der Waals surface area contributed by atoms with E-state index in [1.807, 2.05) is 43.3 Å². The van der Waals surface area contributed by atoms with Gasteiger partial charge in [0.1, 0.15) is 5.75 Å². The fourth-order valence-electron chi connectivity index (χ4n) is 2.57. The molecule has 7 heteroatoms. The van der Waals surface area contributed by atoms with Crippen LogP contribution in [0.4, 0.5) is 0 Å². The minimum Gasteiger partial charge on any atom is -0.497 e. The molecule has 2 heterocycles. The van der Waals surface area contributed by atoms with Gasteiger partial charge in [-0.1, -0.05) is 22.9 Å². The summed E-state index contributed by atoms with van der Waals surface area (Å²) >= 11 is 0. The van der Waals surface area contributed by atoms with Crippen LogP contribution in [0, 0.1) is 6.92 Å². The molecule has 0 aliphatic heterocycles. The number of nitrogens with zero attached hydrogens (tertiary/aromatic N) is 4. The lowest BCUT2D eigenvalue weighted by Gasteiger charge is -2.05. The number of ether oxygens (including phenoxy) is 1. The van der Waals surface area contributed by atoms with Gasteiger partial charge in [-0.3, -0.25) is 4.79 Å². The Morgan fingerprint density at radius 3 is 2.44 bits per heavy atom. The summed E-state index contributed by atoms with van der Waals surface area (Å²) in [5, 5.41) is 8.32. The van der Waals surface area contributed by atoms with Gasteiger partial charge in [0.25, 0.3) is 5.89 Å². The predicted molar refractivity (Wildman–Crippen MR) is 99.9 cm³/mol. The van der Waals surface area contributed by atoms with E-state index in [1.165, 1.54) is 6.07 Å². The Hall–Kier alpha value is -3.74. The van der Waals surface area contributed by atoms with Gasteiger partial charge in [-0.15, -0.1) is 0 Å². The molecule has 27 heavy (non-hydrogen) atoms. The highest BCUT2D eigenvalue weighted by Gasteiger charge is 2.16. The highest BCUT2D eigenvalue weighted by Crippen LogP contribution is 2.22. The Morgan fingerprint density at radius 2 is 1.74 bits per heavy atom. The van der Waals surface area contributed by atoms with Crippen molar-refractivity contribution in [3.8, 4) is 34.4 Å². The van der Waals surface area contributed by atoms with Crippen LogP contribution in [-0.4, -0.2) is 27.0 Å². The summed E-state index contributed by atoms with van der Waals surface area (Å²) in [4.78, 5) is 16.6. The van der Waals surface area contributed by atoms with Crippen molar-refractivity contribution in [3.63, 3.8) is 0 Å². The van der Waals surface area contributed by atoms with Crippen LogP contribution in [0.3, 0.4) is 0 Å². The highest BCUT2D eigenvalue weighted by atomic mass is 16.5. The summed E-state index contributed by atoms with van der Waals surface area (Å²) in [6, 6.07) is 16.5. The van der Waals surface area contributed by atoms with Gasteiger partial charge in [0.2, 0.25) is 11.3 Å². The Labute approximate surface area is 154 Å². The summed E-state index contributed by atoms with van der Waals surface area (Å²) in [6.07, 6.45) is 1.61. The Kier molecular flexibility index (Phi) is 4.25. The van der Waals surface area contributed by atoms with Crippen LogP contribution in [0.5, 0.6) is 5.75 Å². The molecule has 134 valence electrons. The van der Waals surface area contributed by atoms with Crippen LogP contribution in [0.15, 0.2) is 70.1 Å². The molecular weight excluding hydrogens is 344 g/mol. The van der Waals surface area contributed by atoms with Crippen molar-refractivity contribution in [3.05, 3.63) is 76.6 Å². The molecule has 2 aromatic heterocycles. The number of hydrogen-bond acceptors (Lipinski definition) is 6. The maximum absolute atomic E-state index is 12.3. The molecule has 2 aromatic carbocycles. The van der Waals surface area contributed by atoms with E-state index in [0.717, 1.165) is 22.6 Å². The molecule has 0 saturated heterocycles. The van der Waals surface area contributed by atoms with E-state index >= 15 is 0 Å². The SMILES string of the molecule is COc1ccc(-c2noc(-c3nn(-c4ccc(C)cc4)ccc3=O)n2)cc1. The van der Waals surface area contributed by atoms with Gasteiger partial charge >= 0.3 is 0 Å². The van der Waals surface area contributed by atoms with Crippen molar-refractivity contribution in [1.29, 1.82) is 0 Å². The quantitative estimate of drug-likeness (QED) is 0.555. The average Bonchev–Trinajstić information content (AvgIpc) is 3.19. The molecule has 0 spiro atoms. The summed E-state index contributed by atoms with van der Waals surface area (Å²) in [5.74, 6) is 1.18. The second kappa shape index (κ2) is 6.87. The second-order valence-electron chi connectivity index (χ2n) is 5.96. The smallest absolute Gasteiger partial charge is 0.282 e. The largest absolute Gasteiger partial charge is 0.497 e. The zero-order valence-electron chi connectivity index (χ0n) is 14.8. The predicted octanol–water partition coefficient (Wildman–Crippen LogP) is 3.27. The fourth-order valence-corrected chi connectivity index (χ4v) is 2.57. The van der Waals surface area contributed by atoms with E-state index < -0.39 is 0 Å². The molecule has 0 N–H and O–H groups in total. The van der Waals surface area contributed by atoms with Crippen molar-refractivity contribution < 1.29 is 9.26 Å². The lowest BCUT2D eigenvalue weighted by molar-refractivity contribution is 0.414. The Morgan fingerprint density at radius 1 is 1.00 bits per heavy atom. The van der Waals surface area contributed by atoms with Gasteiger partial charge in [0, 0.05) is 17.8 Å². The number of hydrogen-bond donors (Lipinski definition) is 0. The van der Waals surface area contributed by atoms with Crippen molar-refractivity contribution in [1.82, 2.24) is 19.9 Å². The number of aromatic nitrogens is 4. The molecule has 0 saturated carbocycles. The molecule has 7 nitrogen and oxygen atoms in total. The fraction of sp³-hybridized carbons (Fsp3) is 0.100. The first-order chi connectivity index (χ1) is 13.1. The maximum Gasteiger partial charge on any atom is 0.282 e. The summed E-state index contributed by atoms with van der Waals surface area (Å²) in [7, 11) is 1.60. The van der Waals surface area contributed by atoms with Gasteiger partial charge in [-0.05, 0) is 43.3 Å². The van der Waals surface area contributed by atoms with E-state index in [0.29, 0.717) is 5.82 Å². The van der Waals surface area contributed by atoms with Crippen molar-refractivity contribution in [2.75, 3.05) is 7.11 Å². The molecule has 0 amide bonds. The summed E-state index contributed by atoms with van der Waals surface area (Å²) in [6.45, 7) is 2.01. The molecule has 0 unspecified atom stereocenters. The lowest BCUT2D eigenvalue weighted by Crippen LogP contribution is -2.12. The highest BCUT2D eigenvalue weighted by molar-refractivity contribution is 5.58. The number of aryl methyl sites for hydroxylation is 1. The first-order valence-electron chi connectivity index (χ1n) is 8.29. The Balaban J connectivity index is 1.71. The van der Waals surface area contributed by atoms with Gasteiger partial charge in [-0.25, -0.2) is 4.68 Å². The van der Waals surface area contributed by atoms with Crippen molar-refractivity contribution in [2.24, 2.45) is 0 Å². The van der Waals surface area contributed by atoms with Crippen molar-refractivity contribution in [2.45, 2.75) is 6.92 Å². The molecule has 0 fully saturated rings. The standard InChI is InChI=1S/C20H16N4O3/c1-13-3-7-15(8-4-13)24-12-11-17(25)18(22-24)20-21-19(23-27-20)14-5-9-16(26-2)10-6-14/h3-12H,1-2H3. The molecule has 4 aromatic rings. The molecule has 4 rings (SSSR count). The van der Waals surface area contributed by atoms with Gasteiger partial charge in [-0.2, -0.15) is 10.1 Å². The van der Waals surface area contributed by atoms with Gasteiger partial charge in [0.15, 0.2) is 5.69 Å². The van der Waals surface area contributed by atoms with E-state index in [9.17, 15) is 4.79 Å². The van der Waals surface area contributed by atoms with Crippen LogP contribution < -0.4 is 10.2 Å². The van der Waals surface area contributed by atoms with E-state index in [1.54, 1.807) is 30.1 Å². The average molecular weight is 360 g/mol. The molecule has 0 aliphatic rings. The maximum atomic E-state index is 12.3. The van der Waals surface area contributed by atoms with E-state index in [2.05, 4.69) is 15.2 Å². The van der Waals surface area contributed by atoms with Gasteiger partial charge < -0.3 is 9.26 Å². The van der Waals surface area contributed by atoms with E-state index in [-0.39, 0.29) is 17.0 Å². The molecular formula is C20H16N4O3. The van der Waals surface area contributed by atoms with Crippen molar-refractivity contribution >= 4 is 0 Å². The third-order valence-electron chi connectivity index (χ3n) is 4.08. The first kappa shape index (κ1) is 16.7. The zero-order valence-corrected chi connectivity index (χ0v) is 14.8. The monoisotopic (exact) mass is 360 g/mol. The summed E-state index contributed by atoms with van der Waals surface area (Å²) in [5.41, 5.74) is 2.53. The topological polar surface area (TPSA) is 83.0 Å². The molecule has 0 bridgehead atoms. The minimum atomic E-state index is -0.289. The van der Waals surface area contributed by atoms with Gasteiger partial charge in [0.05, 0.1) is 12.8 Å². The van der Waals surface area contributed by atoms with Crippen LogP contribution in [0.25, 0.3) is 28.7 Å². The van der Waals surface area contributed by atoms with E-state index in [4.69, 9.17) is 9.26 Å².